The summed E-state index contributed by atoms with van der Waals surface area (Å²) in [5.41, 5.74) is 7.82. The minimum Gasteiger partial charge on any atom is -0.444 e. The molecule has 0 saturated carbocycles. The second-order valence-corrected chi connectivity index (χ2v) is 8.55. The number of amides is 2. The highest BCUT2D eigenvalue weighted by molar-refractivity contribution is 5.93. The maximum absolute atomic E-state index is 12.9. The highest BCUT2D eigenvalue weighted by Crippen LogP contribution is 2.23. The Hall–Kier alpha value is -2.65. The first-order chi connectivity index (χ1) is 14.6. The summed E-state index contributed by atoms with van der Waals surface area (Å²) in [5.74, 6) is -0.869. The van der Waals surface area contributed by atoms with Crippen LogP contribution in [0.3, 0.4) is 0 Å². The number of rotatable bonds is 8. The number of hydrogen-bond donors (Lipinski definition) is 2. The number of nitrogens with one attached hydrogen (secondary N) is 1. The van der Waals surface area contributed by atoms with Crippen LogP contribution < -0.4 is 16.0 Å². The molecule has 0 spiro atoms. The number of esters is 1. The topological polar surface area (TPSA) is 120 Å². The molecule has 9 heteroatoms. The number of benzene rings is 1. The molecule has 3 N–H and O–H groups in total. The van der Waals surface area contributed by atoms with E-state index in [9.17, 15) is 14.4 Å². The number of carbonyl (C=O) groups excluding carboxylic acids is 3. The SMILES string of the molecule is CCCCON[C@@H]1CC[C@@H](C(=O)Oc2ccc(C(N)=O)cc2)N(C(=O)OC(C)(C)C)C1. The summed E-state index contributed by atoms with van der Waals surface area (Å²) >= 11 is 0. The molecule has 0 bridgehead atoms. The lowest BCUT2D eigenvalue weighted by Gasteiger charge is -2.38. The van der Waals surface area contributed by atoms with E-state index in [1.807, 2.05) is 0 Å². The Kier molecular flexibility index (Phi) is 8.82. The number of hydroxylamine groups is 1. The third-order valence-electron chi connectivity index (χ3n) is 4.69. The fraction of sp³-hybridized carbons (Fsp3) is 0.591. The van der Waals surface area contributed by atoms with E-state index in [0.717, 1.165) is 12.8 Å². The van der Waals surface area contributed by atoms with Crippen LogP contribution >= 0.6 is 0 Å². The second kappa shape index (κ2) is 11.1. The lowest BCUT2D eigenvalue weighted by molar-refractivity contribution is -0.142. The quantitative estimate of drug-likeness (QED) is 0.279. The Labute approximate surface area is 183 Å². The van der Waals surface area contributed by atoms with Crippen molar-refractivity contribution < 1.29 is 28.7 Å². The molecule has 0 unspecified atom stereocenters. The first-order valence-corrected chi connectivity index (χ1v) is 10.6. The van der Waals surface area contributed by atoms with Gasteiger partial charge >= 0.3 is 12.1 Å². The number of likely N-dealkylation sites (tertiary alicyclic amines) is 1. The van der Waals surface area contributed by atoms with E-state index in [0.29, 0.717) is 25.0 Å². The van der Waals surface area contributed by atoms with E-state index < -0.39 is 29.6 Å². The highest BCUT2D eigenvalue weighted by atomic mass is 16.6. The predicted molar refractivity (Wildman–Crippen MR) is 114 cm³/mol. The number of nitrogens with two attached hydrogens (primary N) is 1. The van der Waals surface area contributed by atoms with Crippen molar-refractivity contribution in [1.29, 1.82) is 0 Å². The van der Waals surface area contributed by atoms with E-state index in [1.54, 1.807) is 20.8 Å². The van der Waals surface area contributed by atoms with E-state index in [1.165, 1.54) is 29.2 Å². The second-order valence-electron chi connectivity index (χ2n) is 8.55. The van der Waals surface area contributed by atoms with Crippen molar-refractivity contribution in [2.75, 3.05) is 13.2 Å². The van der Waals surface area contributed by atoms with Crippen LogP contribution in [0.25, 0.3) is 0 Å². The molecular weight excluding hydrogens is 402 g/mol. The summed E-state index contributed by atoms with van der Waals surface area (Å²) in [6, 6.07) is 5.02. The van der Waals surface area contributed by atoms with Gasteiger partial charge in [-0.3, -0.25) is 9.69 Å². The molecular formula is C22H33N3O6. The fourth-order valence-electron chi connectivity index (χ4n) is 3.10. The standard InChI is InChI=1S/C22H33N3O6/c1-5-6-13-29-24-16-9-12-18(25(14-16)21(28)31-22(2,3)4)20(27)30-17-10-7-15(8-11-17)19(23)26/h7-8,10-11,16,18,24H,5-6,9,12-14H2,1-4H3,(H2,23,26)/t16-,18+/m1/s1. The lowest BCUT2D eigenvalue weighted by Crippen LogP contribution is -2.57. The van der Waals surface area contributed by atoms with Crippen molar-refractivity contribution >= 4 is 18.0 Å². The normalized spacial score (nSPS) is 19.0. The number of primary amides is 1. The molecule has 172 valence electrons. The molecule has 2 atom stereocenters. The van der Waals surface area contributed by atoms with Crippen LogP contribution in [0.5, 0.6) is 5.75 Å². The average molecular weight is 436 g/mol. The minimum atomic E-state index is -0.792. The van der Waals surface area contributed by atoms with Gasteiger partial charge in [-0.05, 0) is 64.3 Å². The summed E-state index contributed by atoms with van der Waals surface area (Å²) in [5, 5.41) is 0. The number of piperidine rings is 1. The lowest BCUT2D eigenvalue weighted by atomic mass is 9.99. The number of hydrogen-bond acceptors (Lipinski definition) is 7. The Morgan fingerprint density at radius 3 is 2.42 bits per heavy atom. The summed E-state index contributed by atoms with van der Waals surface area (Å²) in [6.07, 6.45) is 2.39. The summed E-state index contributed by atoms with van der Waals surface area (Å²) in [6.45, 7) is 8.21. The van der Waals surface area contributed by atoms with Crippen molar-refractivity contribution in [2.24, 2.45) is 5.73 Å². The molecule has 1 fully saturated rings. The molecule has 1 saturated heterocycles. The molecule has 1 aromatic carbocycles. The molecule has 1 aromatic rings. The summed E-state index contributed by atoms with van der Waals surface area (Å²) < 4.78 is 11.0. The molecule has 1 aliphatic heterocycles. The van der Waals surface area contributed by atoms with Gasteiger partial charge in [-0.15, -0.1) is 0 Å². The first kappa shape index (κ1) is 24.6. The monoisotopic (exact) mass is 435 g/mol. The Morgan fingerprint density at radius 1 is 1.16 bits per heavy atom. The van der Waals surface area contributed by atoms with Gasteiger partial charge in [-0.2, -0.15) is 5.48 Å². The number of carbonyl (C=O) groups is 3. The van der Waals surface area contributed by atoms with Crippen LogP contribution in [0.4, 0.5) is 4.79 Å². The van der Waals surface area contributed by atoms with Gasteiger partial charge in [0.15, 0.2) is 0 Å². The van der Waals surface area contributed by atoms with E-state index in [4.69, 9.17) is 20.0 Å². The zero-order chi connectivity index (χ0) is 23.0. The highest BCUT2D eigenvalue weighted by Gasteiger charge is 2.39. The third kappa shape index (κ3) is 7.84. The molecule has 0 aliphatic carbocycles. The molecule has 31 heavy (non-hydrogen) atoms. The smallest absolute Gasteiger partial charge is 0.411 e. The molecule has 2 amide bonds. The largest absolute Gasteiger partial charge is 0.444 e. The number of ether oxygens (including phenoxy) is 2. The number of unbranched alkanes of at least 4 members (excludes halogenated alkanes) is 1. The molecule has 9 nitrogen and oxygen atoms in total. The minimum absolute atomic E-state index is 0.122. The van der Waals surface area contributed by atoms with E-state index in [2.05, 4.69) is 12.4 Å². The van der Waals surface area contributed by atoms with Crippen LogP contribution in [0.15, 0.2) is 24.3 Å². The van der Waals surface area contributed by atoms with Crippen molar-refractivity contribution in [3.63, 3.8) is 0 Å². The first-order valence-electron chi connectivity index (χ1n) is 10.6. The van der Waals surface area contributed by atoms with Crippen molar-refractivity contribution in [3.05, 3.63) is 29.8 Å². The van der Waals surface area contributed by atoms with Gasteiger partial charge in [0.05, 0.1) is 12.6 Å². The Morgan fingerprint density at radius 2 is 1.84 bits per heavy atom. The zero-order valence-corrected chi connectivity index (χ0v) is 18.7. The van der Waals surface area contributed by atoms with Crippen LogP contribution in [-0.4, -0.2) is 53.7 Å². The molecule has 1 aliphatic rings. The van der Waals surface area contributed by atoms with Gasteiger partial charge in [-0.25, -0.2) is 9.59 Å². The molecule has 0 aromatic heterocycles. The number of nitrogens with zero attached hydrogens (tertiary/aromatic N) is 1. The zero-order valence-electron chi connectivity index (χ0n) is 18.7. The van der Waals surface area contributed by atoms with Crippen LogP contribution in [0.1, 0.15) is 63.7 Å². The maximum Gasteiger partial charge on any atom is 0.411 e. The Balaban J connectivity index is 2.07. The van der Waals surface area contributed by atoms with E-state index in [-0.39, 0.29) is 18.3 Å². The van der Waals surface area contributed by atoms with Gasteiger partial charge in [0.2, 0.25) is 5.91 Å². The van der Waals surface area contributed by atoms with Gasteiger partial charge in [0.1, 0.15) is 17.4 Å². The van der Waals surface area contributed by atoms with E-state index >= 15 is 0 Å². The van der Waals surface area contributed by atoms with Crippen LogP contribution in [0, 0.1) is 0 Å². The van der Waals surface area contributed by atoms with Gasteiger partial charge in [-0.1, -0.05) is 13.3 Å². The van der Waals surface area contributed by atoms with Crippen LogP contribution in [0.2, 0.25) is 0 Å². The molecule has 1 heterocycles. The van der Waals surface area contributed by atoms with Crippen LogP contribution in [-0.2, 0) is 14.4 Å². The van der Waals surface area contributed by atoms with Crippen molar-refractivity contribution in [1.82, 2.24) is 10.4 Å². The summed E-state index contributed by atoms with van der Waals surface area (Å²) in [4.78, 5) is 43.7. The maximum atomic E-state index is 12.9. The summed E-state index contributed by atoms with van der Waals surface area (Å²) in [7, 11) is 0. The van der Waals surface area contributed by atoms with Gasteiger partial charge in [0, 0.05) is 12.1 Å². The average Bonchev–Trinajstić information content (AvgIpc) is 2.70. The molecule has 2 rings (SSSR count). The van der Waals surface area contributed by atoms with Gasteiger partial charge < -0.3 is 20.0 Å². The van der Waals surface area contributed by atoms with Crippen molar-refractivity contribution in [3.8, 4) is 5.75 Å². The fourth-order valence-corrected chi connectivity index (χ4v) is 3.10. The van der Waals surface area contributed by atoms with Gasteiger partial charge in [0.25, 0.3) is 0 Å². The predicted octanol–water partition coefficient (Wildman–Crippen LogP) is 2.78. The third-order valence-corrected chi connectivity index (χ3v) is 4.69. The molecule has 0 radical (unpaired) electrons. The van der Waals surface area contributed by atoms with Crippen molar-refractivity contribution in [2.45, 2.75) is 71.1 Å². The Bertz CT molecular complexity index is 760.